The summed E-state index contributed by atoms with van der Waals surface area (Å²) in [4.78, 5) is 1.30. The van der Waals surface area contributed by atoms with E-state index in [1.54, 1.807) is 11.3 Å². The molecule has 0 spiro atoms. The first-order valence-electron chi connectivity index (χ1n) is 6.73. The fourth-order valence-electron chi connectivity index (χ4n) is 2.28. The van der Waals surface area contributed by atoms with E-state index in [0.717, 1.165) is 4.47 Å². The molecular formula is C16H19BrFNS. The zero-order valence-corrected chi connectivity index (χ0v) is 14.3. The lowest BCUT2D eigenvalue weighted by Gasteiger charge is -2.26. The predicted octanol–water partition coefficient (Wildman–Crippen LogP) is 5.70. The van der Waals surface area contributed by atoms with Crippen molar-refractivity contribution < 1.29 is 4.39 Å². The van der Waals surface area contributed by atoms with Gasteiger partial charge in [0.15, 0.2) is 0 Å². The lowest BCUT2D eigenvalue weighted by Crippen LogP contribution is -2.28. The van der Waals surface area contributed by atoms with Crippen molar-refractivity contribution in [3.63, 3.8) is 0 Å². The van der Waals surface area contributed by atoms with Crippen LogP contribution in [0, 0.1) is 11.7 Å². The van der Waals surface area contributed by atoms with E-state index >= 15 is 0 Å². The van der Waals surface area contributed by atoms with E-state index in [1.165, 1.54) is 10.9 Å². The van der Waals surface area contributed by atoms with Gasteiger partial charge in [-0.05, 0) is 36.4 Å². The maximum absolute atomic E-state index is 14.0. The third-order valence-corrected chi connectivity index (χ3v) is 4.82. The van der Waals surface area contributed by atoms with Crippen LogP contribution in [0.25, 0.3) is 0 Å². The molecule has 0 amide bonds. The minimum atomic E-state index is -0.173. The van der Waals surface area contributed by atoms with Gasteiger partial charge in [-0.1, -0.05) is 41.9 Å². The quantitative estimate of drug-likeness (QED) is 0.725. The third-order valence-electron chi connectivity index (χ3n) is 3.37. The Morgan fingerprint density at radius 1 is 1.20 bits per heavy atom. The fourth-order valence-corrected chi connectivity index (χ4v) is 3.57. The van der Waals surface area contributed by atoms with Crippen LogP contribution in [0.1, 0.15) is 43.3 Å². The van der Waals surface area contributed by atoms with E-state index in [0.29, 0.717) is 11.5 Å². The van der Waals surface area contributed by atoms with Gasteiger partial charge in [0.2, 0.25) is 0 Å². The van der Waals surface area contributed by atoms with Gasteiger partial charge >= 0.3 is 0 Å². The molecule has 0 aliphatic heterocycles. The van der Waals surface area contributed by atoms with Crippen molar-refractivity contribution in [2.45, 2.75) is 32.9 Å². The second-order valence-electron chi connectivity index (χ2n) is 5.29. The molecule has 0 aliphatic carbocycles. The average molecular weight is 356 g/mol. The Labute approximate surface area is 132 Å². The lowest BCUT2D eigenvalue weighted by molar-refractivity contribution is 0.373. The van der Waals surface area contributed by atoms with Gasteiger partial charge < -0.3 is 5.32 Å². The molecule has 1 heterocycles. The van der Waals surface area contributed by atoms with Gasteiger partial charge in [-0.2, -0.15) is 0 Å². The molecule has 0 fully saturated rings. The van der Waals surface area contributed by atoms with Crippen molar-refractivity contribution >= 4 is 27.3 Å². The first-order valence-corrected chi connectivity index (χ1v) is 8.40. The molecule has 0 bridgehead atoms. The molecule has 1 aromatic carbocycles. The molecule has 4 heteroatoms. The Kier molecular flexibility index (Phi) is 5.35. The van der Waals surface area contributed by atoms with Crippen molar-refractivity contribution in [1.82, 2.24) is 5.32 Å². The van der Waals surface area contributed by atoms with Crippen LogP contribution in [0.3, 0.4) is 0 Å². The molecule has 2 atom stereocenters. The highest BCUT2D eigenvalue weighted by atomic mass is 79.9. The molecule has 0 saturated heterocycles. The Hall–Kier alpha value is -0.710. The molecule has 1 N–H and O–H groups in total. The molecule has 0 aliphatic rings. The Morgan fingerprint density at radius 2 is 1.95 bits per heavy atom. The van der Waals surface area contributed by atoms with Crippen molar-refractivity contribution in [3.05, 3.63) is 56.4 Å². The van der Waals surface area contributed by atoms with Crippen LogP contribution < -0.4 is 5.32 Å². The second-order valence-corrected chi connectivity index (χ2v) is 7.19. The van der Waals surface area contributed by atoms with Gasteiger partial charge in [0, 0.05) is 27.0 Å². The summed E-state index contributed by atoms with van der Waals surface area (Å²) >= 11 is 5.03. The van der Waals surface area contributed by atoms with Crippen LogP contribution in [0.2, 0.25) is 0 Å². The van der Waals surface area contributed by atoms with Gasteiger partial charge in [0.05, 0.1) is 0 Å². The Bertz CT molecular complexity index is 554. The molecule has 0 saturated carbocycles. The van der Waals surface area contributed by atoms with Gasteiger partial charge in [-0.15, -0.1) is 11.3 Å². The zero-order valence-electron chi connectivity index (χ0n) is 11.9. The van der Waals surface area contributed by atoms with Crippen LogP contribution in [0.4, 0.5) is 4.39 Å². The molecular weight excluding hydrogens is 337 g/mol. The van der Waals surface area contributed by atoms with Crippen LogP contribution in [-0.2, 0) is 0 Å². The van der Waals surface area contributed by atoms with E-state index in [-0.39, 0.29) is 17.9 Å². The van der Waals surface area contributed by atoms with Crippen molar-refractivity contribution in [2.24, 2.45) is 5.92 Å². The molecule has 20 heavy (non-hydrogen) atoms. The normalized spacial score (nSPS) is 14.5. The fraction of sp³-hybridized carbons (Fsp3) is 0.375. The number of hydrogen-bond donors (Lipinski definition) is 1. The smallest absolute Gasteiger partial charge is 0.129 e. The summed E-state index contributed by atoms with van der Waals surface area (Å²) < 4.78 is 14.8. The highest BCUT2D eigenvalue weighted by Gasteiger charge is 2.21. The van der Waals surface area contributed by atoms with Gasteiger partial charge in [0.25, 0.3) is 0 Å². The summed E-state index contributed by atoms with van der Waals surface area (Å²) in [6, 6.07) is 9.64. The molecule has 2 unspecified atom stereocenters. The Balaban J connectivity index is 2.18. The van der Waals surface area contributed by atoms with Gasteiger partial charge in [-0.3, -0.25) is 0 Å². The number of thiophene rings is 1. The first-order chi connectivity index (χ1) is 9.49. The summed E-state index contributed by atoms with van der Waals surface area (Å²) in [5, 5.41) is 5.63. The van der Waals surface area contributed by atoms with Crippen LogP contribution >= 0.6 is 27.3 Å². The summed E-state index contributed by atoms with van der Waals surface area (Å²) in [6.45, 7) is 6.37. The first kappa shape index (κ1) is 15.7. The van der Waals surface area contributed by atoms with Crippen LogP contribution in [0.15, 0.2) is 40.2 Å². The number of rotatable bonds is 5. The highest BCUT2D eigenvalue weighted by Crippen LogP contribution is 2.30. The lowest BCUT2D eigenvalue weighted by atomic mass is 9.99. The molecule has 1 nitrogen and oxygen atoms in total. The minimum absolute atomic E-state index is 0.0300. The summed E-state index contributed by atoms with van der Waals surface area (Å²) in [6.07, 6.45) is 0. The number of hydrogen-bond acceptors (Lipinski definition) is 2. The summed E-state index contributed by atoms with van der Waals surface area (Å²) in [7, 11) is 0. The monoisotopic (exact) mass is 355 g/mol. The molecule has 2 aromatic rings. The number of nitrogens with one attached hydrogen (secondary N) is 1. The van der Waals surface area contributed by atoms with E-state index < -0.39 is 0 Å². The largest absolute Gasteiger partial charge is 0.302 e. The van der Waals surface area contributed by atoms with Crippen molar-refractivity contribution in [3.8, 4) is 0 Å². The molecule has 0 radical (unpaired) electrons. The zero-order chi connectivity index (χ0) is 14.7. The van der Waals surface area contributed by atoms with Gasteiger partial charge in [-0.25, -0.2) is 4.39 Å². The van der Waals surface area contributed by atoms with E-state index in [2.05, 4.69) is 52.6 Å². The second kappa shape index (κ2) is 6.83. The highest BCUT2D eigenvalue weighted by molar-refractivity contribution is 9.10. The molecule has 2 rings (SSSR count). The van der Waals surface area contributed by atoms with Crippen molar-refractivity contribution in [2.75, 3.05) is 0 Å². The maximum atomic E-state index is 14.0. The predicted molar refractivity (Wildman–Crippen MR) is 87.5 cm³/mol. The van der Waals surface area contributed by atoms with Gasteiger partial charge in [0.1, 0.15) is 5.82 Å². The summed E-state index contributed by atoms with van der Waals surface area (Å²) in [5.41, 5.74) is 0.704. The number of benzene rings is 1. The molecule has 108 valence electrons. The van der Waals surface area contributed by atoms with E-state index in [1.807, 2.05) is 19.1 Å². The van der Waals surface area contributed by atoms with Crippen LogP contribution in [0.5, 0.6) is 0 Å². The van der Waals surface area contributed by atoms with Crippen LogP contribution in [-0.4, -0.2) is 0 Å². The summed E-state index contributed by atoms with van der Waals surface area (Å²) in [5.74, 6) is 0.280. The number of halogens is 2. The minimum Gasteiger partial charge on any atom is -0.302 e. The Morgan fingerprint density at radius 3 is 2.50 bits per heavy atom. The third kappa shape index (κ3) is 3.68. The topological polar surface area (TPSA) is 12.0 Å². The maximum Gasteiger partial charge on any atom is 0.129 e. The average Bonchev–Trinajstić information content (AvgIpc) is 2.88. The SMILES string of the molecule is CC(NC(c1cccs1)C(C)C)c1ccc(Br)cc1F. The standard InChI is InChI=1S/C16H19BrFNS/c1-10(2)16(15-5-4-8-20-15)19-11(3)13-7-6-12(17)9-14(13)18/h4-11,16,19H,1-3H3. The van der Waals surface area contributed by atoms with Crippen molar-refractivity contribution in [1.29, 1.82) is 0 Å². The molecule has 1 aromatic heterocycles. The van der Waals surface area contributed by atoms with E-state index in [4.69, 9.17) is 0 Å². The van der Waals surface area contributed by atoms with E-state index in [9.17, 15) is 4.39 Å².